The molecule has 0 saturated carbocycles. The van der Waals surface area contributed by atoms with Crippen LogP contribution in [0.4, 0.5) is 0 Å². The van der Waals surface area contributed by atoms with E-state index in [1.54, 1.807) is 6.07 Å². The zero-order chi connectivity index (χ0) is 19.8. The van der Waals surface area contributed by atoms with Crippen molar-refractivity contribution in [1.29, 1.82) is 0 Å². The van der Waals surface area contributed by atoms with E-state index in [4.69, 9.17) is 27.9 Å². The van der Waals surface area contributed by atoms with Gasteiger partial charge in [-0.25, -0.2) is 0 Å². The molecule has 2 aromatic rings. The van der Waals surface area contributed by atoms with Gasteiger partial charge in [-0.15, -0.1) is 0 Å². The predicted octanol–water partition coefficient (Wildman–Crippen LogP) is 4.54. The van der Waals surface area contributed by atoms with Gasteiger partial charge in [0, 0.05) is 29.1 Å². The molecule has 0 aliphatic carbocycles. The Labute approximate surface area is 176 Å². The molecule has 28 heavy (non-hydrogen) atoms. The van der Waals surface area contributed by atoms with Crippen molar-refractivity contribution in [2.75, 3.05) is 26.2 Å². The van der Waals surface area contributed by atoms with Gasteiger partial charge in [-0.3, -0.25) is 9.69 Å². The van der Waals surface area contributed by atoms with Crippen molar-refractivity contribution in [2.24, 2.45) is 5.92 Å². The maximum absolute atomic E-state index is 12.4. The Hall–Kier alpha value is -1.59. The largest absolute Gasteiger partial charge is 0.375 e. The van der Waals surface area contributed by atoms with Crippen LogP contribution in [0.15, 0.2) is 48.5 Å². The zero-order valence-corrected chi connectivity index (χ0v) is 17.4. The minimum atomic E-state index is 0.0751. The molecule has 0 aromatic heterocycles. The smallest absolute Gasteiger partial charge is 0.223 e. The first-order valence-electron chi connectivity index (χ1n) is 9.67. The third kappa shape index (κ3) is 6.49. The molecule has 1 heterocycles. The van der Waals surface area contributed by atoms with E-state index >= 15 is 0 Å². The maximum atomic E-state index is 12.4. The van der Waals surface area contributed by atoms with E-state index in [0.29, 0.717) is 29.8 Å². The van der Waals surface area contributed by atoms with Crippen molar-refractivity contribution in [1.82, 2.24) is 10.2 Å². The SMILES string of the molecule is O=C(NCCOCc1ccccc1)C1CCN(Cc2ccc(Cl)cc2Cl)CC1. The van der Waals surface area contributed by atoms with Gasteiger partial charge in [-0.2, -0.15) is 0 Å². The first kappa shape index (κ1) is 21.1. The number of carbonyl (C=O) groups is 1. The molecule has 0 atom stereocenters. The Balaban J connectivity index is 1.32. The average molecular weight is 421 g/mol. The van der Waals surface area contributed by atoms with E-state index in [1.807, 2.05) is 42.5 Å². The Morgan fingerprint density at radius 3 is 2.57 bits per heavy atom. The van der Waals surface area contributed by atoms with E-state index in [1.165, 1.54) is 0 Å². The van der Waals surface area contributed by atoms with Gasteiger partial charge >= 0.3 is 0 Å². The summed E-state index contributed by atoms with van der Waals surface area (Å²) in [5.74, 6) is 0.207. The zero-order valence-electron chi connectivity index (χ0n) is 15.9. The number of rotatable bonds is 8. The van der Waals surface area contributed by atoms with Gasteiger partial charge in [0.15, 0.2) is 0 Å². The first-order valence-corrected chi connectivity index (χ1v) is 10.4. The average Bonchev–Trinajstić information content (AvgIpc) is 2.71. The fraction of sp³-hybridized carbons (Fsp3) is 0.409. The normalized spacial score (nSPS) is 15.5. The summed E-state index contributed by atoms with van der Waals surface area (Å²) in [7, 11) is 0. The number of piperidine rings is 1. The minimum absolute atomic E-state index is 0.0751. The van der Waals surface area contributed by atoms with Crippen LogP contribution in [0.1, 0.15) is 24.0 Å². The number of likely N-dealkylation sites (tertiary alicyclic amines) is 1. The number of ether oxygens (including phenoxy) is 1. The molecule has 0 bridgehead atoms. The summed E-state index contributed by atoms with van der Waals surface area (Å²) in [5.41, 5.74) is 2.21. The van der Waals surface area contributed by atoms with E-state index in [9.17, 15) is 4.79 Å². The van der Waals surface area contributed by atoms with E-state index in [0.717, 1.165) is 43.6 Å². The highest BCUT2D eigenvalue weighted by molar-refractivity contribution is 6.35. The minimum Gasteiger partial charge on any atom is -0.375 e. The molecule has 1 fully saturated rings. The van der Waals surface area contributed by atoms with Crippen LogP contribution in [0.2, 0.25) is 10.0 Å². The van der Waals surface area contributed by atoms with Gasteiger partial charge in [0.05, 0.1) is 13.2 Å². The second-order valence-electron chi connectivity index (χ2n) is 7.12. The molecule has 2 aromatic carbocycles. The molecule has 3 rings (SSSR count). The van der Waals surface area contributed by atoms with Gasteiger partial charge in [-0.05, 0) is 49.2 Å². The molecule has 1 amide bonds. The van der Waals surface area contributed by atoms with Crippen LogP contribution < -0.4 is 5.32 Å². The monoisotopic (exact) mass is 420 g/mol. The fourth-order valence-corrected chi connectivity index (χ4v) is 3.87. The molecule has 1 N–H and O–H groups in total. The molecular formula is C22H26Cl2N2O2. The van der Waals surface area contributed by atoms with Crippen LogP contribution in [0.25, 0.3) is 0 Å². The molecule has 1 saturated heterocycles. The Bertz CT molecular complexity index is 762. The number of carbonyl (C=O) groups excluding carboxylic acids is 1. The first-order chi connectivity index (χ1) is 13.6. The number of hydrogen-bond acceptors (Lipinski definition) is 3. The Kier molecular flexibility index (Phi) is 8.16. The highest BCUT2D eigenvalue weighted by Crippen LogP contribution is 2.25. The van der Waals surface area contributed by atoms with Crippen molar-refractivity contribution in [2.45, 2.75) is 26.0 Å². The topological polar surface area (TPSA) is 41.6 Å². The van der Waals surface area contributed by atoms with Crippen molar-refractivity contribution in [3.63, 3.8) is 0 Å². The second-order valence-corrected chi connectivity index (χ2v) is 7.96. The van der Waals surface area contributed by atoms with Crippen LogP contribution >= 0.6 is 23.2 Å². The molecule has 0 unspecified atom stereocenters. The fourth-order valence-electron chi connectivity index (χ4n) is 3.40. The summed E-state index contributed by atoms with van der Waals surface area (Å²) < 4.78 is 5.62. The molecular weight excluding hydrogens is 395 g/mol. The van der Waals surface area contributed by atoms with Crippen molar-refractivity contribution >= 4 is 29.1 Å². The number of nitrogens with one attached hydrogen (secondary N) is 1. The number of amides is 1. The third-order valence-electron chi connectivity index (χ3n) is 5.02. The standard InChI is InChI=1S/C22H26Cl2N2O2/c23-20-7-6-19(21(24)14-20)15-26-11-8-18(9-12-26)22(27)25-10-13-28-16-17-4-2-1-3-5-17/h1-7,14,18H,8-13,15-16H2,(H,25,27). The van der Waals surface area contributed by atoms with Gasteiger partial charge in [-0.1, -0.05) is 59.6 Å². The molecule has 6 heteroatoms. The van der Waals surface area contributed by atoms with Gasteiger partial charge in [0.25, 0.3) is 0 Å². The lowest BCUT2D eigenvalue weighted by molar-refractivity contribution is -0.126. The summed E-state index contributed by atoms with van der Waals surface area (Å²) >= 11 is 12.2. The summed E-state index contributed by atoms with van der Waals surface area (Å²) in [5, 5.41) is 4.35. The van der Waals surface area contributed by atoms with Crippen molar-refractivity contribution < 1.29 is 9.53 Å². The molecule has 150 valence electrons. The molecule has 0 spiro atoms. The molecule has 0 radical (unpaired) electrons. The van der Waals surface area contributed by atoms with Crippen molar-refractivity contribution in [3.8, 4) is 0 Å². The maximum Gasteiger partial charge on any atom is 0.223 e. The quantitative estimate of drug-likeness (QED) is 0.637. The van der Waals surface area contributed by atoms with Gasteiger partial charge < -0.3 is 10.1 Å². The van der Waals surface area contributed by atoms with Crippen LogP contribution in [0, 0.1) is 5.92 Å². The summed E-state index contributed by atoms with van der Waals surface area (Å²) in [6, 6.07) is 15.6. The number of halogens is 2. The van der Waals surface area contributed by atoms with E-state index in [-0.39, 0.29) is 11.8 Å². The van der Waals surface area contributed by atoms with Crippen molar-refractivity contribution in [3.05, 3.63) is 69.7 Å². The Morgan fingerprint density at radius 1 is 1.11 bits per heavy atom. The highest BCUT2D eigenvalue weighted by atomic mass is 35.5. The highest BCUT2D eigenvalue weighted by Gasteiger charge is 2.25. The third-order valence-corrected chi connectivity index (χ3v) is 5.61. The van der Waals surface area contributed by atoms with Crippen LogP contribution in [-0.2, 0) is 22.7 Å². The number of nitrogens with zero attached hydrogens (tertiary/aromatic N) is 1. The van der Waals surface area contributed by atoms with Crippen LogP contribution in [0.5, 0.6) is 0 Å². The number of benzene rings is 2. The molecule has 1 aliphatic heterocycles. The summed E-state index contributed by atoms with van der Waals surface area (Å²) in [6.45, 7) is 4.21. The lowest BCUT2D eigenvalue weighted by Crippen LogP contribution is -2.41. The van der Waals surface area contributed by atoms with Gasteiger partial charge in [0.2, 0.25) is 5.91 Å². The van der Waals surface area contributed by atoms with E-state index in [2.05, 4.69) is 10.2 Å². The summed E-state index contributed by atoms with van der Waals surface area (Å²) in [4.78, 5) is 14.7. The Morgan fingerprint density at radius 2 is 1.86 bits per heavy atom. The van der Waals surface area contributed by atoms with Gasteiger partial charge in [0.1, 0.15) is 0 Å². The second kappa shape index (κ2) is 10.8. The predicted molar refractivity (Wildman–Crippen MR) is 114 cm³/mol. The number of hydrogen-bond donors (Lipinski definition) is 1. The lowest BCUT2D eigenvalue weighted by Gasteiger charge is -2.31. The van der Waals surface area contributed by atoms with Crippen LogP contribution in [0.3, 0.4) is 0 Å². The lowest BCUT2D eigenvalue weighted by atomic mass is 9.95. The molecule has 4 nitrogen and oxygen atoms in total. The summed E-state index contributed by atoms with van der Waals surface area (Å²) in [6.07, 6.45) is 1.73. The van der Waals surface area contributed by atoms with Crippen LogP contribution in [-0.4, -0.2) is 37.0 Å². The van der Waals surface area contributed by atoms with E-state index < -0.39 is 0 Å². The molecule has 1 aliphatic rings.